The second kappa shape index (κ2) is 3.81. The van der Waals surface area contributed by atoms with Crippen molar-refractivity contribution in [2.75, 3.05) is 11.5 Å². The average Bonchev–Trinajstić information content (AvgIpc) is 2.15. The lowest BCUT2D eigenvalue weighted by atomic mass is 10.1. The van der Waals surface area contributed by atoms with E-state index in [0.29, 0.717) is 0 Å². The number of ether oxygens (including phenoxy) is 1. The minimum atomic E-state index is 0.0347. The number of carbonyl (C=O) groups is 1. The number of carbonyl (C=O) groups excluding carboxylic acids is 1. The van der Waals surface area contributed by atoms with Crippen molar-refractivity contribution in [2.45, 2.75) is 33.7 Å². The third-order valence-corrected chi connectivity index (χ3v) is 2.78. The van der Waals surface area contributed by atoms with Gasteiger partial charge in [-0.05, 0) is 44.9 Å². The molecule has 16 heavy (non-hydrogen) atoms. The first-order valence-corrected chi connectivity index (χ1v) is 5.57. The maximum absolute atomic E-state index is 11.8. The lowest BCUT2D eigenvalue weighted by Gasteiger charge is -2.33. The summed E-state index contributed by atoms with van der Waals surface area (Å²) < 4.78 is 5.51. The van der Waals surface area contributed by atoms with Gasteiger partial charge in [0.25, 0.3) is 5.91 Å². The van der Waals surface area contributed by atoms with Gasteiger partial charge in [-0.25, -0.2) is 0 Å². The third kappa shape index (κ3) is 1.66. The summed E-state index contributed by atoms with van der Waals surface area (Å²) in [5, 5.41) is 0. The predicted octanol–water partition coefficient (Wildman–Crippen LogP) is 2.44. The highest BCUT2D eigenvalue weighted by Gasteiger charge is 2.28. The number of aryl methyl sites for hydroxylation is 2. The molecular weight excluding hydrogens is 202 g/mol. The number of rotatable bonds is 1. The zero-order valence-electron chi connectivity index (χ0n) is 10.2. The van der Waals surface area contributed by atoms with E-state index in [1.807, 2.05) is 38.7 Å². The van der Waals surface area contributed by atoms with Crippen molar-refractivity contribution in [3.8, 4) is 5.75 Å². The minimum Gasteiger partial charge on any atom is -0.481 e. The van der Waals surface area contributed by atoms with Crippen LogP contribution in [0.15, 0.2) is 12.1 Å². The zero-order valence-corrected chi connectivity index (χ0v) is 10.2. The first-order chi connectivity index (χ1) is 7.50. The molecule has 0 radical (unpaired) electrons. The molecule has 3 nitrogen and oxygen atoms in total. The topological polar surface area (TPSA) is 29.5 Å². The van der Waals surface area contributed by atoms with Gasteiger partial charge < -0.3 is 9.64 Å². The van der Waals surface area contributed by atoms with Gasteiger partial charge in [0.1, 0.15) is 5.75 Å². The minimum absolute atomic E-state index is 0.0347. The van der Waals surface area contributed by atoms with E-state index < -0.39 is 0 Å². The summed E-state index contributed by atoms with van der Waals surface area (Å²) in [6.07, 6.45) is 0. The summed E-state index contributed by atoms with van der Waals surface area (Å²) >= 11 is 0. The fourth-order valence-corrected chi connectivity index (χ4v) is 2.20. The highest BCUT2D eigenvalue weighted by atomic mass is 16.5. The van der Waals surface area contributed by atoms with Crippen molar-refractivity contribution < 1.29 is 9.53 Å². The van der Waals surface area contributed by atoms with Gasteiger partial charge in [0.2, 0.25) is 0 Å². The first-order valence-electron chi connectivity index (χ1n) is 5.57. The quantitative estimate of drug-likeness (QED) is 0.726. The lowest BCUT2D eigenvalue weighted by Crippen LogP contribution is -2.43. The van der Waals surface area contributed by atoms with E-state index >= 15 is 0 Å². The Morgan fingerprint density at radius 1 is 1.31 bits per heavy atom. The number of hydrogen-bond acceptors (Lipinski definition) is 2. The largest absolute Gasteiger partial charge is 0.481 e. The molecule has 1 aliphatic rings. The molecular formula is C13H17NO2. The molecule has 1 aromatic carbocycles. The molecule has 0 saturated heterocycles. The first kappa shape index (κ1) is 11.0. The van der Waals surface area contributed by atoms with Gasteiger partial charge >= 0.3 is 0 Å². The Morgan fingerprint density at radius 2 is 2.00 bits per heavy atom. The number of fused-ring (bicyclic) bond motifs is 1. The molecule has 86 valence electrons. The van der Waals surface area contributed by atoms with Crippen LogP contribution in [0.25, 0.3) is 0 Å². The molecule has 0 aromatic heterocycles. The van der Waals surface area contributed by atoms with Crippen LogP contribution in [0.3, 0.4) is 0 Å². The lowest BCUT2D eigenvalue weighted by molar-refractivity contribution is -0.121. The average molecular weight is 219 g/mol. The maximum Gasteiger partial charge on any atom is 0.265 e. The van der Waals surface area contributed by atoms with E-state index in [1.54, 1.807) is 0 Å². The van der Waals surface area contributed by atoms with Crippen molar-refractivity contribution in [3.05, 3.63) is 23.3 Å². The highest BCUT2D eigenvalue weighted by molar-refractivity contribution is 5.98. The van der Waals surface area contributed by atoms with E-state index in [-0.39, 0.29) is 18.6 Å². The normalized spacial score (nSPS) is 15.1. The molecule has 1 heterocycles. The smallest absolute Gasteiger partial charge is 0.265 e. The van der Waals surface area contributed by atoms with Crippen molar-refractivity contribution in [1.82, 2.24) is 0 Å². The van der Waals surface area contributed by atoms with Crippen molar-refractivity contribution >= 4 is 11.6 Å². The zero-order chi connectivity index (χ0) is 11.9. The Hall–Kier alpha value is -1.51. The Balaban J connectivity index is 2.58. The Labute approximate surface area is 96.0 Å². The highest BCUT2D eigenvalue weighted by Crippen LogP contribution is 2.37. The molecule has 0 N–H and O–H groups in total. The monoisotopic (exact) mass is 219 g/mol. The van der Waals surface area contributed by atoms with Crippen LogP contribution in [0.5, 0.6) is 5.75 Å². The van der Waals surface area contributed by atoms with E-state index in [9.17, 15) is 4.79 Å². The van der Waals surface area contributed by atoms with Crippen molar-refractivity contribution in [3.63, 3.8) is 0 Å². The van der Waals surface area contributed by atoms with Crippen molar-refractivity contribution in [1.29, 1.82) is 0 Å². The number of amides is 1. The molecule has 0 aliphatic carbocycles. The van der Waals surface area contributed by atoms with E-state index in [1.165, 1.54) is 0 Å². The third-order valence-electron chi connectivity index (χ3n) is 2.78. The van der Waals surface area contributed by atoms with Crippen LogP contribution in [0.1, 0.15) is 25.0 Å². The molecule has 2 rings (SSSR count). The predicted molar refractivity (Wildman–Crippen MR) is 64.0 cm³/mol. The van der Waals surface area contributed by atoms with Gasteiger partial charge in [-0.1, -0.05) is 6.07 Å². The molecule has 0 saturated carbocycles. The summed E-state index contributed by atoms with van der Waals surface area (Å²) in [5.74, 6) is 0.881. The summed E-state index contributed by atoms with van der Waals surface area (Å²) in [6, 6.07) is 4.25. The summed E-state index contributed by atoms with van der Waals surface area (Å²) in [6.45, 7) is 8.23. The summed E-state index contributed by atoms with van der Waals surface area (Å²) in [7, 11) is 0. The SMILES string of the molecule is Cc1cc(C)c2c(c1)N(C(C)C)C(=O)CO2. The molecule has 0 bridgehead atoms. The van der Waals surface area contributed by atoms with Gasteiger partial charge in [-0.3, -0.25) is 4.79 Å². The molecule has 0 spiro atoms. The molecule has 0 unspecified atom stereocenters. The number of anilines is 1. The second-order valence-corrected chi connectivity index (χ2v) is 4.58. The van der Waals surface area contributed by atoms with Crippen LogP contribution >= 0.6 is 0 Å². The van der Waals surface area contributed by atoms with Gasteiger partial charge in [0.15, 0.2) is 6.61 Å². The Kier molecular flexibility index (Phi) is 2.62. The van der Waals surface area contributed by atoms with Crippen LogP contribution in [0.4, 0.5) is 5.69 Å². The Bertz CT molecular complexity index is 438. The number of nitrogens with zero attached hydrogens (tertiary/aromatic N) is 1. The summed E-state index contributed by atoms with van der Waals surface area (Å²) in [4.78, 5) is 13.6. The fourth-order valence-electron chi connectivity index (χ4n) is 2.20. The molecule has 1 amide bonds. The fraction of sp³-hybridized carbons (Fsp3) is 0.462. The van der Waals surface area contributed by atoms with Gasteiger partial charge in [-0.2, -0.15) is 0 Å². The van der Waals surface area contributed by atoms with Crippen LogP contribution in [0.2, 0.25) is 0 Å². The van der Waals surface area contributed by atoms with Crippen LogP contribution in [-0.2, 0) is 4.79 Å². The van der Waals surface area contributed by atoms with E-state index in [4.69, 9.17) is 4.74 Å². The van der Waals surface area contributed by atoms with Gasteiger partial charge in [-0.15, -0.1) is 0 Å². The van der Waals surface area contributed by atoms with E-state index in [2.05, 4.69) is 6.07 Å². The number of hydrogen-bond donors (Lipinski definition) is 0. The second-order valence-electron chi connectivity index (χ2n) is 4.58. The Morgan fingerprint density at radius 3 is 2.62 bits per heavy atom. The molecule has 1 aliphatic heterocycles. The molecule has 0 fully saturated rings. The van der Waals surface area contributed by atoms with Crippen molar-refractivity contribution in [2.24, 2.45) is 0 Å². The number of benzene rings is 1. The van der Waals surface area contributed by atoms with Crippen LogP contribution < -0.4 is 9.64 Å². The van der Waals surface area contributed by atoms with E-state index in [0.717, 1.165) is 22.6 Å². The maximum atomic E-state index is 11.8. The molecule has 1 aromatic rings. The molecule has 3 heteroatoms. The summed E-state index contributed by atoms with van der Waals surface area (Å²) in [5.41, 5.74) is 3.15. The standard InChI is InChI=1S/C13H17NO2/c1-8(2)14-11-6-9(3)5-10(4)13(11)16-7-12(14)15/h5-6,8H,7H2,1-4H3. The van der Waals surface area contributed by atoms with Gasteiger partial charge in [0.05, 0.1) is 5.69 Å². The van der Waals surface area contributed by atoms with Gasteiger partial charge in [0, 0.05) is 6.04 Å². The van der Waals surface area contributed by atoms with Crippen LogP contribution in [-0.4, -0.2) is 18.6 Å². The van der Waals surface area contributed by atoms with Crippen LogP contribution in [0, 0.1) is 13.8 Å². The molecule has 0 atom stereocenters.